The zero-order chi connectivity index (χ0) is 14.8. The third kappa shape index (κ3) is 2.86. The molecule has 0 unspecified atom stereocenters. The van der Waals surface area contributed by atoms with Crippen LogP contribution in [0.5, 0.6) is 0 Å². The van der Waals surface area contributed by atoms with Gasteiger partial charge in [-0.3, -0.25) is 0 Å². The largest absolute Gasteiger partial charge is 0.378 e. The molecule has 0 fully saturated rings. The molecule has 0 N–H and O–H groups in total. The number of aryl methyl sites for hydroxylation is 1. The average Bonchev–Trinajstić information content (AvgIpc) is 3.07. The molecule has 0 radical (unpaired) electrons. The van der Waals surface area contributed by atoms with Crippen molar-refractivity contribution in [3.63, 3.8) is 0 Å². The highest BCUT2D eigenvalue weighted by Gasteiger charge is 2.13. The van der Waals surface area contributed by atoms with Crippen molar-refractivity contribution in [1.29, 1.82) is 0 Å². The number of aromatic nitrogens is 5. The molecule has 0 saturated carbocycles. The molecule has 110 valence electrons. The fraction of sp³-hybridized carbons (Fsp3) is 0.385. The number of ether oxygens (including phenoxy) is 1. The summed E-state index contributed by atoms with van der Waals surface area (Å²) in [5, 5.41) is 7.35. The molecule has 0 aliphatic rings. The van der Waals surface area contributed by atoms with Gasteiger partial charge in [-0.2, -0.15) is 14.6 Å². The number of nitrogens with zero attached hydrogens (tertiary/aromatic N) is 6. The Morgan fingerprint density at radius 1 is 1.38 bits per heavy atom. The van der Waals surface area contributed by atoms with Crippen molar-refractivity contribution in [2.45, 2.75) is 20.1 Å². The molecule has 21 heavy (non-hydrogen) atoms. The van der Waals surface area contributed by atoms with Crippen molar-refractivity contribution >= 4 is 22.9 Å². The van der Waals surface area contributed by atoms with Gasteiger partial charge >= 0.3 is 0 Å². The number of hydrogen-bond donors (Lipinski definition) is 0. The Balaban J connectivity index is 1.95. The third-order valence-electron chi connectivity index (χ3n) is 3.01. The van der Waals surface area contributed by atoms with Crippen LogP contribution in [0.4, 0.5) is 5.82 Å². The third-order valence-corrected chi connectivity index (χ3v) is 3.96. The first kappa shape index (κ1) is 13.9. The summed E-state index contributed by atoms with van der Waals surface area (Å²) in [6, 6.07) is 1.96. The molecule has 0 atom stereocenters. The average molecular weight is 304 g/mol. The maximum absolute atomic E-state index is 5.16. The van der Waals surface area contributed by atoms with E-state index in [1.165, 1.54) is 6.33 Å². The van der Waals surface area contributed by atoms with Crippen LogP contribution in [0.15, 0.2) is 17.8 Å². The van der Waals surface area contributed by atoms with E-state index < -0.39 is 0 Å². The second kappa shape index (κ2) is 5.74. The van der Waals surface area contributed by atoms with Gasteiger partial charge in [0.05, 0.1) is 18.8 Å². The first-order chi connectivity index (χ1) is 10.2. The minimum absolute atomic E-state index is 0.445. The molecule has 0 saturated heterocycles. The van der Waals surface area contributed by atoms with Crippen LogP contribution in [0.2, 0.25) is 0 Å². The molecule has 8 heteroatoms. The van der Waals surface area contributed by atoms with Crippen molar-refractivity contribution < 1.29 is 4.74 Å². The number of fused-ring (bicyclic) bond motifs is 1. The van der Waals surface area contributed by atoms with Gasteiger partial charge in [-0.05, 0) is 6.92 Å². The normalized spacial score (nSPS) is 11.2. The van der Waals surface area contributed by atoms with Gasteiger partial charge in [-0.15, -0.1) is 11.3 Å². The molecule has 0 aliphatic heterocycles. The highest BCUT2D eigenvalue weighted by Crippen LogP contribution is 2.19. The lowest BCUT2D eigenvalue weighted by Crippen LogP contribution is -2.20. The molecule has 0 aliphatic carbocycles. The molecular weight excluding hydrogens is 288 g/mol. The zero-order valence-corrected chi connectivity index (χ0v) is 13.0. The van der Waals surface area contributed by atoms with E-state index in [4.69, 9.17) is 4.74 Å². The highest BCUT2D eigenvalue weighted by atomic mass is 32.1. The number of methoxy groups -OCH3 is 1. The van der Waals surface area contributed by atoms with Crippen molar-refractivity contribution in [3.05, 3.63) is 34.2 Å². The minimum Gasteiger partial charge on any atom is -0.378 e. The first-order valence-corrected chi connectivity index (χ1v) is 7.36. The molecule has 3 heterocycles. The zero-order valence-electron chi connectivity index (χ0n) is 12.1. The number of anilines is 1. The van der Waals surface area contributed by atoms with Crippen molar-refractivity contribution in [2.75, 3.05) is 19.1 Å². The molecule has 0 bridgehead atoms. The van der Waals surface area contributed by atoms with E-state index in [1.807, 2.05) is 20.0 Å². The van der Waals surface area contributed by atoms with Gasteiger partial charge < -0.3 is 9.64 Å². The summed E-state index contributed by atoms with van der Waals surface area (Å²) < 4.78 is 6.88. The predicted octanol–water partition coefficient (Wildman–Crippen LogP) is 1.67. The molecular formula is C13H16N6OS. The van der Waals surface area contributed by atoms with Crippen LogP contribution in [0.25, 0.3) is 5.78 Å². The standard InChI is InChI=1S/C13H16N6OS/c1-9-7-21-11(16-9)5-18(2)12-4-10(6-20-3)17-13-14-8-15-19(12)13/h4,7-8H,5-6H2,1-3H3. The summed E-state index contributed by atoms with van der Waals surface area (Å²) in [4.78, 5) is 15.1. The molecule has 7 nitrogen and oxygen atoms in total. The van der Waals surface area contributed by atoms with E-state index in [9.17, 15) is 0 Å². The lowest BCUT2D eigenvalue weighted by atomic mass is 10.4. The highest BCUT2D eigenvalue weighted by molar-refractivity contribution is 7.09. The Labute approximate surface area is 126 Å². The van der Waals surface area contributed by atoms with Gasteiger partial charge in [-0.1, -0.05) is 0 Å². The van der Waals surface area contributed by atoms with Gasteiger partial charge in [0.1, 0.15) is 17.2 Å². The topological polar surface area (TPSA) is 68.4 Å². The summed E-state index contributed by atoms with van der Waals surface area (Å²) in [7, 11) is 3.65. The van der Waals surface area contributed by atoms with Gasteiger partial charge in [0.15, 0.2) is 0 Å². The van der Waals surface area contributed by atoms with Crippen LogP contribution in [0, 0.1) is 6.92 Å². The summed E-state index contributed by atoms with van der Waals surface area (Å²) in [5.41, 5.74) is 1.87. The van der Waals surface area contributed by atoms with Crippen molar-refractivity contribution in [1.82, 2.24) is 24.6 Å². The van der Waals surface area contributed by atoms with Gasteiger partial charge in [0.25, 0.3) is 5.78 Å². The summed E-state index contributed by atoms with van der Waals surface area (Å²) in [6.45, 7) is 3.16. The maximum Gasteiger partial charge on any atom is 0.254 e. The van der Waals surface area contributed by atoms with E-state index in [0.717, 1.165) is 22.2 Å². The molecule has 3 rings (SSSR count). The smallest absolute Gasteiger partial charge is 0.254 e. The Bertz CT molecular complexity index is 752. The van der Waals surface area contributed by atoms with Crippen molar-refractivity contribution in [2.24, 2.45) is 0 Å². The monoisotopic (exact) mass is 304 g/mol. The van der Waals surface area contributed by atoms with Crippen LogP contribution in [0.1, 0.15) is 16.4 Å². The Kier molecular flexibility index (Phi) is 3.80. The van der Waals surface area contributed by atoms with Crippen LogP contribution in [-0.2, 0) is 17.9 Å². The predicted molar refractivity (Wildman–Crippen MR) is 80.5 cm³/mol. The van der Waals surface area contributed by atoms with E-state index in [0.29, 0.717) is 18.9 Å². The Hall–Kier alpha value is -2.06. The summed E-state index contributed by atoms with van der Waals surface area (Å²) in [6.07, 6.45) is 1.50. The number of rotatable bonds is 5. The van der Waals surface area contributed by atoms with E-state index in [-0.39, 0.29) is 0 Å². The van der Waals surface area contributed by atoms with Gasteiger partial charge in [0, 0.05) is 31.3 Å². The number of thiazole rings is 1. The van der Waals surface area contributed by atoms with E-state index in [2.05, 4.69) is 30.3 Å². The lowest BCUT2D eigenvalue weighted by molar-refractivity contribution is 0.181. The van der Waals surface area contributed by atoms with Crippen LogP contribution in [0.3, 0.4) is 0 Å². The molecule has 0 amide bonds. The molecule has 0 aromatic carbocycles. The van der Waals surface area contributed by atoms with Crippen LogP contribution >= 0.6 is 11.3 Å². The SMILES string of the molecule is COCc1cc(N(C)Cc2nc(C)cs2)n2ncnc2n1. The molecule has 3 aromatic heterocycles. The summed E-state index contributed by atoms with van der Waals surface area (Å²) >= 11 is 1.66. The lowest BCUT2D eigenvalue weighted by Gasteiger charge is -2.19. The second-order valence-corrected chi connectivity index (χ2v) is 5.69. The fourth-order valence-corrected chi connectivity index (χ4v) is 2.92. The van der Waals surface area contributed by atoms with Crippen LogP contribution < -0.4 is 4.90 Å². The fourth-order valence-electron chi connectivity index (χ4n) is 2.10. The van der Waals surface area contributed by atoms with E-state index in [1.54, 1.807) is 23.0 Å². The maximum atomic E-state index is 5.16. The quantitative estimate of drug-likeness (QED) is 0.714. The van der Waals surface area contributed by atoms with E-state index >= 15 is 0 Å². The number of hydrogen-bond acceptors (Lipinski definition) is 7. The Morgan fingerprint density at radius 2 is 2.24 bits per heavy atom. The molecule has 3 aromatic rings. The Morgan fingerprint density at radius 3 is 2.95 bits per heavy atom. The van der Waals surface area contributed by atoms with Gasteiger partial charge in [-0.25, -0.2) is 9.97 Å². The summed E-state index contributed by atoms with van der Waals surface area (Å²) in [5.74, 6) is 1.49. The van der Waals surface area contributed by atoms with Crippen molar-refractivity contribution in [3.8, 4) is 0 Å². The van der Waals surface area contributed by atoms with Crippen LogP contribution in [-0.4, -0.2) is 38.7 Å². The minimum atomic E-state index is 0.445. The second-order valence-electron chi connectivity index (χ2n) is 4.75. The molecule has 0 spiro atoms. The first-order valence-electron chi connectivity index (χ1n) is 6.48. The van der Waals surface area contributed by atoms with Gasteiger partial charge in [0.2, 0.25) is 0 Å².